The molecule has 0 spiro atoms. The molecule has 0 radical (unpaired) electrons. The van der Waals surface area contributed by atoms with Crippen molar-refractivity contribution in [1.29, 1.82) is 0 Å². The van der Waals surface area contributed by atoms with Crippen molar-refractivity contribution >= 4 is 5.78 Å². The van der Waals surface area contributed by atoms with Crippen LogP contribution >= 0.6 is 0 Å². The normalized spacial score (nSPS) is 11.8. The first-order valence-corrected chi connectivity index (χ1v) is 8.22. The fraction of sp³-hybridized carbons (Fsp3) is 0.150. The van der Waals surface area contributed by atoms with Crippen molar-refractivity contribution in [2.75, 3.05) is 0 Å². The topological polar surface area (TPSA) is 63.3 Å². The lowest BCUT2D eigenvalue weighted by Gasteiger charge is -2.16. The van der Waals surface area contributed by atoms with Gasteiger partial charge in [-0.2, -0.15) is 0 Å². The summed E-state index contributed by atoms with van der Waals surface area (Å²) in [5, 5.41) is 10.1. The minimum Gasteiger partial charge on any atom is -0.384 e. The molecule has 130 valence electrons. The summed E-state index contributed by atoms with van der Waals surface area (Å²) in [6.45, 7) is 3.32. The molecule has 0 bridgehead atoms. The van der Waals surface area contributed by atoms with Crippen LogP contribution in [0.25, 0.3) is 28.3 Å². The standard InChI is InChI=1S/C20H17FN4O/c1-20(2,26)17-9-11-25-16(12-23-19(25)24-17)14-7-5-6-13(18(14)21)15-8-3-4-10-22-15/h3-12,26H,1-2H3. The van der Waals surface area contributed by atoms with E-state index in [0.29, 0.717) is 34.0 Å². The van der Waals surface area contributed by atoms with E-state index in [0.717, 1.165) is 0 Å². The van der Waals surface area contributed by atoms with E-state index in [-0.39, 0.29) is 5.82 Å². The summed E-state index contributed by atoms with van der Waals surface area (Å²) < 4.78 is 16.9. The second kappa shape index (κ2) is 6.00. The molecular weight excluding hydrogens is 331 g/mol. The van der Waals surface area contributed by atoms with Gasteiger partial charge in [0.25, 0.3) is 0 Å². The summed E-state index contributed by atoms with van der Waals surface area (Å²) in [6.07, 6.45) is 4.96. The van der Waals surface area contributed by atoms with Crippen LogP contribution in [-0.4, -0.2) is 24.5 Å². The van der Waals surface area contributed by atoms with Gasteiger partial charge in [0.1, 0.15) is 11.4 Å². The molecule has 0 aliphatic heterocycles. The van der Waals surface area contributed by atoms with Crippen molar-refractivity contribution in [3.05, 3.63) is 72.6 Å². The molecule has 0 aliphatic rings. The van der Waals surface area contributed by atoms with Crippen molar-refractivity contribution in [3.63, 3.8) is 0 Å². The number of aliphatic hydroxyl groups is 1. The molecule has 4 aromatic rings. The molecular formula is C20H17FN4O. The van der Waals surface area contributed by atoms with Gasteiger partial charge in [-0.25, -0.2) is 14.4 Å². The summed E-state index contributed by atoms with van der Waals surface area (Å²) in [5.41, 5.74) is 1.44. The van der Waals surface area contributed by atoms with Crippen LogP contribution in [0.5, 0.6) is 0 Å². The molecule has 0 atom stereocenters. The third-order valence-electron chi connectivity index (χ3n) is 4.22. The van der Waals surface area contributed by atoms with Crippen LogP contribution in [0.15, 0.2) is 61.1 Å². The number of pyridine rings is 1. The first-order chi connectivity index (χ1) is 12.4. The maximum atomic E-state index is 15.2. The fourth-order valence-corrected chi connectivity index (χ4v) is 2.86. The maximum Gasteiger partial charge on any atom is 0.234 e. The number of hydrogen-bond donors (Lipinski definition) is 1. The van der Waals surface area contributed by atoms with Crippen molar-refractivity contribution < 1.29 is 9.50 Å². The SMILES string of the molecule is CC(C)(O)c1ccn2c(-c3cccc(-c4ccccn4)c3F)cnc2n1. The van der Waals surface area contributed by atoms with Gasteiger partial charge in [0.15, 0.2) is 0 Å². The van der Waals surface area contributed by atoms with Gasteiger partial charge < -0.3 is 5.11 Å². The van der Waals surface area contributed by atoms with Crippen LogP contribution in [0.3, 0.4) is 0 Å². The average Bonchev–Trinajstić information content (AvgIpc) is 3.05. The van der Waals surface area contributed by atoms with Crippen molar-refractivity contribution in [2.45, 2.75) is 19.4 Å². The highest BCUT2D eigenvalue weighted by Gasteiger charge is 2.20. The van der Waals surface area contributed by atoms with Crippen LogP contribution in [0, 0.1) is 5.82 Å². The molecule has 0 fully saturated rings. The first-order valence-electron chi connectivity index (χ1n) is 8.22. The van der Waals surface area contributed by atoms with Gasteiger partial charge in [0, 0.05) is 23.5 Å². The number of benzene rings is 1. The summed E-state index contributed by atoms with van der Waals surface area (Å²) in [4.78, 5) is 12.9. The van der Waals surface area contributed by atoms with Crippen LogP contribution < -0.4 is 0 Å². The largest absolute Gasteiger partial charge is 0.384 e. The van der Waals surface area contributed by atoms with E-state index < -0.39 is 5.60 Å². The highest BCUT2D eigenvalue weighted by Crippen LogP contribution is 2.30. The fourth-order valence-electron chi connectivity index (χ4n) is 2.86. The summed E-state index contributed by atoms with van der Waals surface area (Å²) in [6, 6.07) is 12.3. The van der Waals surface area contributed by atoms with Crippen molar-refractivity contribution in [3.8, 4) is 22.5 Å². The molecule has 0 aliphatic carbocycles. The molecule has 3 aromatic heterocycles. The van der Waals surface area contributed by atoms with Gasteiger partial charge in [-0.1, -0.05) is 12.1 Å². The van der Waals surface area contributed by atoms with Crippen LogP contribution in [-0.2, 0) is 5.60 Å². The molecule has 0 unspecified atom stereocenters. The van der Waals surface area contributed by atoms with E-state index in [1.165, 1.54) is 0 Å². The Morgan fingerprint density at radius 2 is 1.81 bits per heavy atom. The third kappa shape index (κ3) is 2.74. The minimum absolute atomic E-state index is 0.362. The van der Waals surface area contributed by atoms with E-state index in [1.807, 2.05) is 6.07 Å². The van der Waals surface area contributed by atoms with Gasteiger partial charge >= 0.3 is 0 Å². The van der Waals surface area contributed by atoms with Gasteiger partial charge in [0.05, 0.1) is 23.3 Å². The quantitative estimate of drug-likeness (QED) is 0.611. The predicted molar refractivity (Wildman–Crippen MR) is 96.9 cm³/mol. The van der Waals surface area contributed by atoms with E-state index in [1.54, 1.807) is 73.2 Å². The van der Waals surface area contributed by atoms with Crippen molar-refractivity contribution in [2.24, 2.45) is 0 Å². The molecule has 5 nitrogen and oxygen atoms in total. The lowest BCUT2D eigenvalue weighted by molar-refractivity contribution is 0.0739. The highest BCUT2D eigenvalue weighted by atomic mass is 19.1. The molecule has 0 saturated heterocycles. The zero-order valence-electron chi connectivity index (χ0n) is 14.4. The average molecular weight is 348 g/mol. The Morgan fingerprint density at radius 1 is 1.00 bits per heavy atom. The van der Waals surface area contributed by atoms with E-state index in [4.69, 9.17) is 0 Å². The molecule has 1 N–H and O–H groups in total. The van der Waals surface area contributed by atoms with Gasteiger partial charge in [-0.15, -0.1) is 0 Å². The monoisotopic (exact) mass is 348 g/mol. The Balaban J connectivity index is 1.86. The Hall–Kier alpha value is -3.12. The third-order valence-corrected chi connectivity index (χ3v) is 4.22. The maximum absolute atomic E-state index is 15.2. The van der Waals surface area contributed by atoms with Crippen molar-refractivity contribution in [1.82, 2.24) is 19.4 Å². The van der Waals surface area contributed by atoms with Gasteiger partial charge in [-0.05, 0) is 44.2 Å². The second-order valence-electron chi connectivity index (χ2n) is 6.57. The number of hydrogen-bond acceptors (Lipinski definition) is 4. The van der Waals surface area contributed by atoms with Crippen LogP contribution in [0.2, 0.25) is 0 Å². The Bertz CT molecular complexity index is 1080. The van der Waals surface area contributed by atoms with E-state index in [9.17, 15) is 5.11 Å². The minimum atomic E-state index is -1.07. The number of rotatable bonds is 3. The van der Waals surface area contributed by atoms with Crippen LogP contribution in [0.4, 0.5) is 4.39 Å². The number of halogens is 1. The number of aromatic nitrogens is 4. The van der Waals surface area contributed by atoms with Gasteiger partial charge in [0.2, 0.25) is 5.78 Å². The Kier molecular flexibility index (Phi) is 3.77. The lowest BCUT2D eigenvalue weighted by atomic mass is 10.0. The van der Waals surface area contributed by atoms with Crippen LogP contribution in [0.1, 0.15) is 19.5 Å². The molecule has 4 rings (SSSR count). The number of fused-ring (bicyclic) bond motifs is 1. The zero-order valence-corrected chi connectivity index (χ0v) is 14.4. The summed E-state index contributed by atoms with van der Waals surface area (Å²) in [7, 11) is 0. The highest BCUT2D eigenvalue weighted by molar-refractivity contribution is 5.71. The smallest absolute Gasteiger partial charge is 0.234 e. The second-order valence-corrected chi connectivity index (χ2v) is 6.57. The van der Waals surface area contributed by atoms with Gasteiger partial charge in [-0.3, -0.25) is 9.38 Å². The molecule has 26 heavy (non-hydrogen) atoms. The molecule has 1 aromatic carbocycles. The number of imidazole rings is 1. The first kappa shape index (κ1) is 16.4. The lowest BCUT2D eigenvalue weighted by Crippen LogP contribution is -2.18. The predicted octanol–water partition coefficient (Wildman–Crippen LogP) is 3.82. The Labute approximate surface area is 149 Å². The molecule has 3 heterocycles. The summed E-state index contributed by atoms with van der Waals surface area (Å²) in [5.74, 6) is 0.0434. The molecule has 0 amide bonds. The van der Waals surface area contributed by atoms with E-state index >= 15 is 4.39 Å². The molecule has 6 heteroatoms. The zero-order chi connectivity index (χ0) is 18.3. The van der Waals surface area contributed by atoms with E-state index in [2.05, 4.69) is 15.0 Å². The Morgan fingerprint density at radius 3 is 2.54 bits per heavy atom. The molecule has 0 saturated carbocycles. The number of nitrogens with zero attached hydrogens (tertiary/aromatic N) is 4. The summed E-state index contributed by atoms with van der Waals surface area (Å²) >= 11 is 0.